The van der Waals surface area contributed by atoms with Crippen LogP contribution in [0.3, 0.4) is 0 Å². The summed E-state index contributed by atoms with van der Waals surface area (Å²) < 4.78 is 0. The first kappa shape index (κ1) is 16.8. The maximum Gasteiger partial charge on any atom is 0.223 e. The van der Waals surface area contributed by atoms with E-state index in [1.807, 2.05) is 41.3 Å². The first-order valence-corrected chi connectivity index (χ1v) is 9.16. The smallest absolute Gasteiger partial charge is 0.223 e. The van der Waals surface area contributed by atoms with Gasteiger partial charge in [0, 0.05) is 25.6 Å². The quantitative estimate of drug-likeness (QED) is 0.829. The Hall–Kier alpha value is -2.07. The molecule has 124 valence electrons. The van der Waals surface area contributed by atoms with Crippen molar-refractivity contribution in [2.75, 3.05) is 12.3 Å². The van der Waals surface area contributed by atoms with Crippen molar-refractivity contribution in [2.45, 2.75) is 19.4 Å². The number of likely N-dealkylation sites (tertiary alicyclic amines) is 1. The average Bonchev–Trinajstić information content (AvgIpc) is 2.96. The lowest BCUT2D eigenvalue weighted by atomic mass is 9.97. The topological polar surface area (TPSA) is 37.4 Å². The Balaban J connectivity index is 1.86. The maximum absolute atomic E-state index is 12.6. The zero-order chi connectivity index (χ0) is 16.9. The molecule has 0 spiro atoms. The number of amides is 1. The van der Waals surface area contributed by atoms with Gasteiger partial charge in [-0.1, -0.05) is 72.4 Å². The van der Waals surface area contributed by atoms with Gasteiger partial charge in [0.25, 0.3) is 0 Å². The second-order valence-electron chi connectivity index (χ2n) is 6.14. The van der Waals surface area contributed by atoms with Gasteiger partial charge in [-0.05, 0) is 17.0 Å². The van der Waals surface area contributed by atoms with Crippen molar-refractivity contribution in [3.05, 3.63) is 71.8 Å². The minimum atomic E-state index is -0.0628. The highest BCUT2D eigenvalue weighted by Gasteiger charge is 2.35. The molecule has 3 nitrogen and oxygen atoms in total. The monoisotopic (exact) mass is 339 g/mol. The van der Waals surface area contributed by atoms with Gasteiger partial charge >= 0.3 is 0 Å². The molecule has 1 aliphatic rings. The van der Waals surface area contributed by atoms with Crippen LogP contribution < -0.4 is 0 Å². The van der Waals surface area contributed by atoms with E-state index >= 15 is 0 Å². The minimum absolute atomic E-state index is 0.0628. The Morgan fingerprint density at radius 1 is 1.08 bits per heavy atom. The maximum atomic E-state index is 12.6. The normalized spacial score (nSPS) is 17.5. The van der Waals surface area contributed by atoms with Crippen LogP contribution >= 0.6 is 11.8 Å². The summed E-state index contributed by atoms with van der Waals surface area (Å²) >= 11 is 1.32. The molecule has 3 rings (SSSR count). The molecule has 1 heterocycles. The van der Waals surface area contributed by atoms with Crippen molar-refractivity contribution < 1.29 is 9.59 Å². The fourth-order valence-electron chi connectivity index (χ4n) is 3.23. The molecule has 0 bridgehead atoms. The molecular formula is C20H21NO2S. The van der Waals surface area contributed by atoms with Crippen molar-refractivity contribution in [2.24, 2.45) is 5.92 Å². The molecular weight excluding hydrogens is 318 g/mol. The number of hydrogen-bond acceptors (Lipinski definition) is 3. The molecule has 0 radical (unpaired) electrons. The van der Waals surface area contributed by atoms with Crippen molar-refractivity contribution in [1.29, 1.82) is 0 Å². The van der Waals surface area contributed by atoms with Crippen LogP contribution in [0, 0.1) is 5.92 Å². The zero-order valence-electron chi connectivity index (χ0n) is 13.7. The molecule has 1 aliphatic heterocycles. The lowest BCUT2D eigenvalue weighted by Gasteiger charge is -2.29. The van der Waals surface area contributed by atoms with Crippen molar-refractivity contribution >= 4 is 22.8 Å². The third-order valence-electron chi connectivity index (χ3n) is 4.30. The van der Waals surface area contributed by atoms with Gasteiger partial charge in [-0.15, -0.1) is 0 Å². The highest BCUT2D eigenvalue weighted by Crippen LogP contribution is 2.34. The van der Waals surface area contributed by atoms with Gasteiger partial charge in [0.2, 0.25) is 5.91 Å². The summed E-state index contributed by atoms with van der Waals surface area (Å²) in [7, 11) is 0. The van der Waals surface area contributed by atoms with Crippen LogP contribution in [0.1, 0.15) is 30.5 Å². The summed E-state index contributed by atoms with van der Waals surface area (Å²) in [6.07, 6.45) is 0.524. The molecule has 0 N–H and O–H groups in total. The lowest BCUT2D eigenvalue weighted by Crippen LogP contribution is -2.31. The molecule has 1 unspecified atom stereocenters. The van der Waals surface area contributed by atoms with E-state index in [-0.39, 0.29) is 23.0 Å². The van der Waals surface area contributed by atoms with Crippen LogP contribution in [0.25, 0.3) is 0 Å². The Kier molecular flexibility index (Phi) is 5.36. The number of benzene rings is 2. The molecule has 1 saturated heterocycles. The van der Waals surface area contributed by atoms with E-state index in [0.717, 1.165) is 11.1 Å². The second-order valence-corrected chi connectivity index (χ2v) is 7.34. The highest BCUT2D eigenvalue weighted by atomic mass is 32.2. The number of thioether (sulfide) groups is 1. The average molecular weight is 339 g/mol. The van der Waals surface area contributed by atoms with E-state index in [4.69, 9.17) is 0 Å². The van der Waals surface area contributed by atoms with Crippen molar-refractivity contribution in [1.82, 2.24) is 4.90 Å². The van der Waals surface area contributed by atoms with Gasteiger partial charge in [0.15, 0.2) is 5.12 Å². The van der Waals surface area contributed by atoms with Gasteiger partial charge in [0.1, 0.15) is 0 Å². The molecule has 1 fully saturated rings. The molecule has 0 saturated carbocycles. The summed E-state index contributed by atoms with van der Waals surface area (Å²) in [4.78, 5) is 25.8. The van der Waals surface area contributed by atoms with Crippen LogP contribution in [0.15, 0.2) is 60.7 Å². The van der Waals surface area contributed by atoms with E-state index < -0.39 is 0 Å². The largest absolute Gasteiger partial charge is 0.331 e. The summed E-state index contributed by atoms with van der Waals surface area (Å²) in [5.41, 5.74) is 2.24. The van der Waals surface area contributed by atoms with Crippen LogP contribution in [-0.2, 0) is 9.59 Å². The summed E-state index contributed by atoms with van der Waals surface area (Å²) in [5, 5.41) is 0.114. The Bertz CT molecular complexity index is 663. The van der Waals surface area contributed by atoms with E-state index in [0.29, 0.717) is 18.7 Å². The van der Waals surface area contributed by atoms with Crippen LogP contribution in [0.5, 0.6) is 0 Å². The van der Waals surface area contributed by atoms with Gasteiger partial charge in [-0.25, -0.2) is 0 Å². The van der Waals surface area contributed by atoms with E-state index in [2.05, 4.69) is 24.3 Å². The Morgan fingerprint density at radius 3 is 2.12 bits per heavy atom. The van der Waals surface area contributed by atoms with E-state index in [9.17, 15) is 9.59 Å². The molecule has 4 heteroatoms. The fourth-order valence-corrected chi connectivity index (χ4v) is 3.92. The molecule has 2 aromatic carbocycles. The number of carbonyl (C=O) groups excluding carboxylic acids is 2. The highest BCUT2D eigenvalue weighted by molar-refractivity contribution is 8.13. The van der Waals surface area contributed by atoms with Crippen molar-refractivity contribution in [3.63, 3.8) is 0 Å². The molecule has 0 aliphatic carbocycles. The second kappa shape index (κ2) is 7.67. The van der Waals surface area contributed by atoms with E-state index in [1.54, 1.807) is 6.92 Å². The third kappa shape index (κ3) is 3.88. The first-order chi connectivity index (χ1) is 11.6. The SMILES string of the molecule is CC(=O)SCC1CC(=O)N(C(c2ccccc2)c2ccccc2)C1. The molecule has 1 amide bonds. The molecule has 2 aromatic rings. The summed E-state index contributed by atoms with van der Waals surface area (Å²) in [5.74, 6) is 1.12. The van der Waals surface area contributed by atoms with Gasteiger partial charge in [0.05, 0.1) is 6.04 Å². The summed E-state index contributed by atoms with van der Waals surface area (Å²) in [6.45, 7) is 2.28. The van der Waals surface area contributed by atoms with Gasteiger partial charge < -0.3 is 4.90 Å². The van der Waals surface area contributed by atoms with E-state index in [1.165, 1.54) is 11.8 Å². The third-order valence-corrected chi connectivity index (χ3v) is 5.35. The number of carbonyl (C=O) groups is 2. The summed E-state index contributed by atoms with van der Waals surface area (Å²) in [6, 6.07) is 20.2. The first-order valence-electron chi connectivity index (χ1n) is 8.18. The van der Waals surface area contributed by atoms with Crippen LogP contribution in [0.2, 0.25) is 0 Å². The number of hydrogen-bond donors (Lipinski definition) is 0. The predicted octanol–water partition coefficient (Wildman–Crippen LogP) is 3.90. The van der Waals surface area contributed by atoms with Crippen LogP contribution in [0.4, 0.5) is 0 Å². The number of nitrogens with zero attached hydrogens (tertiary/aromatic N) is 1. The minimum Gasteiger partial charge on any atom is -0.331 e. The standard InChI is InChI=1S/C20H21NO2S/c1-15(22)24-14-16-12-19(23)21(13-16)20(17-8-4-2-5-9-17)18-10-6-3-7-11-18/h2-11,16,20H,12-14H2,1H3. The predicted molar refractivity (Wildman–Crippen MR) is 97.7 cm³/mol. The Labute approximate surface area is 147 Å². The number of rotatable bonds is 5. The van der Waals surface area contributed by atoms with Gasteiger partial charge in [-0.3, -0.25) is 9.59 Å². The fraction of sp³-hybridized carbons (Fsp3) is 0.300. The van der Waals surface area contributed by atoms with Crippen molar-refractivity contribution in [3.8, 4) is 0 Å². The molecule has 1 atom stereocenters. The molecule has 24 heavy (non-hydrogen) atoms. The Morgan fingerprint density at radius 2 is 1.62 bits per heavy atom. The molecule has 0 aromatic heterocycles. The van der Waals surface area contributed by atoms with Crippen LogP contribution in [-0.4, -0.2) is 28.2 Å². The zero-order valence-corrected chi connectivity index (χ0v) is 14.5. The lowest BCUT2D eigenvalue weighted by molar-refractivity contribution is -0.129. The van der Waals surface area contributed by atoms with Gasteiger partial charge in [-0.2, -0.15) is 0 Å².